The molecule has 17 heavy (non-hydrogen) atoms. The van der Waals surface area contributed by atoms with Gasteiger partial charge >= 0.3 is 6.09 Å². The molecule has 0 fully saturated rings. The van der Waals surface area contributed by atoms with E-state index in [0.717, 1.165) is 0 Å². The van der Waals surface area contributed by atoms with Crippen molar-refractivity contribution in [1.82, 2.24) is 4.90 Å². The molecule has 0 aliphatic carbocycles. The number of rotatable bonds is 1. The molecule has 0 radical (unpaired) electrons. The molecule has 94 valence electrons. The van der Waals surface area contributed by atoms with E-state index in [1.165, 1.54) is 19.0 Å². The molecular formula is C9H6Cl5NO2. The molecule has 0 spiro atoms. The quantitative estimate of drug-likeness (QED) is 0.532. The standard InChI is InChI=1S/C9H6Cl5NO2/c1-15(2)9(16)17-8-6(13)4(11)3(10)5(12)7(8)14/h1-2H3. The number of amides is 1. The molecule has 0 bridgehead atoms. The Balaban J connectivity index is 3.30. The molecule has 0 unspecified atom stereocenters. The van der Waals surface area contributed by atoms with E-state index in [9.17, 15) is 4.79 Å². The van der Waals surface area contributed by atoms with Crippen molar-refractivity contribution in [3.63, 3.8) is 0 Å². The Morgan fingerprint density at radius 2 is 1.24 bits per heavy atom. The Bertz CT molecular complexity index is 446. The van der Waals surface area contributed by atoms with Gasteiger partial charge in [0.15, 0.2) is 5.75 Å². The van der Waals surface area contributed by atoms with Crippen molar-refractivity contribution in [1.29, 1.82) is 0 Å². The van der Waals surface area contributed by atoms with Crippen molar-refractivity contribution in [3.05, 3.63) is 25.1 Å². The lowest BCUT2D eigenvalue weighted by atomic mass is 10.3. The van der Waals surface area contributed by atoms with Gasteiger partial charge in [-0.3, -0.25) is 0 Å². The van der Waals surface area contributed by atoms with Crippen LogP contribution in [0.15, 0.2) is 0 Å². The second kappa shape index (κ2) is 5.72. The highest BCUT2D eigenvalue weighted by molar-refractivity contribution is 6.55. The fraction of sp³-hybridized carbons (Fsp3) is 0.222. The van der Waals surface area contributed by atoms with Gasteiger partial charge in [0.2, 0.25) is 0 Å². The van der Waals surface area contributed by atoms with Crippen LogP contribution in [0.4, 0.5) is 4.79 Å². The molecule has 1 rings (SSSR count). The summed E-state index contributed by atoms with van der Waals surface area (Å²) in [5, 5.41) is -0.177. The van der Waals surface area contributed by atoms with Gasteiger partial charge in [0.05, 0.1) is 15.1 Å². The summed E-state index contributed by atoms with van der Waals surface area (Å²) < 4.78 is 4.95. The number of carbonyl (C=O) groups is 1. The van der Waals surface area contributed by atoms with Gasteiger partial charge in [-0.05, 0) is 0 Å². The molecule has 0 aromatic heterocycles. The van der Waals surface area contributed by atoms with Crippen LogP contribution in [0.1, 0.15) is 0 Å². The summed E-state index contributed by atoms with van der Waals surface area (Å²) in [7, 11) is 3.01. The smallest absolute Gasteiger partial charge is 0.407 e. The minimum absolute atomic E-state index is 0.00739. The topological polar surface area (TPSA) is 29.5 Å². The Kier molecular flexibility index (Phi) is 5.05. The first-order chi connectivity index (χ1) is 7.77. The summed E-state index contributed by atoms with van der Waals surface area (Å²) in [4.78, 5) is 12.6. The maximum atomic E-state index is 11.4. The van der Waals surface area contributed by atoms with Crippen LogP contribution >= 0.6 is 58.0 Å². The van der Waals surface area contributed by atoms with Crippen molar-refractivity contribution in [2.24, 2.45) is 0 Å². The number of carbonyl (C=O) groups excluding carboxylic acids is 1. The average Bonchev–Trinajstić information content (AvgIpc) is 2.29. The molecule has 8 heteroatoms. The SMILES string of the molecule is CN(C)C(=O)Oc1c(Cl)c(Cl)c(Cl)c(Cl)c1Cl. The highest BCUT2D eigenvalue weighted by Crippen LogP contribution is 2.48. The Labute approximate surface area is 123 Å². The van der Waals surface area contributed by atoms with Crippen LogP contribution in [0, 0.1) is 0 Å². The lowest BCUT2D eigenvalue weighted by molar-refractivity contribution is 0.172. The second-order valence-corrected chi connectivity index (χ2v) is 5.05. The predicted octanol–water partition coefficient (Wildman–Crippen LogP) is 5.01. The monoisotopic (exact) mass is 335 g/mol. The molecule has 0 saturated carbocycles. The minimum atomic E-state index is -0.664. The molecule has 0 saturated heterocycles. The van der Waals surface area contributed by atoms with E-state index in [2.05, 4.69) is 0 Å². The van der Waals surface area contributed by atoms with E-state index in [1.54, 1.807) is 0 Å². The van der Waals surface area contributed by atoms with Crippen molar-refractivity contribution in [2.45, 2.75) is 0 Å². The Morgan fingerprint density at radius 3 is 1.59 bits per heavy atom. The van der Waals surface area contributed by atoms with Crippen LogP contribution < -0.4 is 4.74 Å². The van der Waals surface area contributed by atoms with Gasteiger partial charge in [0.1, 0.15) is 10.0 Å². The fourth-order valence-electron chi connectivity index (χ4n) is 0.853. The van der Waals surface area contributed by atoms with Crippen LogP contribution in [0.25, 0.3) is 0 Å². The molecule has 1 aromatic carbocycles. The molecule has 3 nitrogen and oxygen atoms in total. The minimum Gasteiger partial charge on any atom is -0.407 e. The fourth-order valence-corrected chi connectivity index (χ4v) is 2.05. The number of hydrogen-bond acceptors (Lipinski definition) is 2. The van der Waals surface area contributed by atoms with Gasteiger partial charge in [0.25, 0.3) is 0 Å². The third kappa shape index (κ3) is 3.04. The predicted molar refractivity (Wildman–Crippen MR) is 71.2 cm³/mol. The Hall–Kier alpha value is -0.0600. The summed E-state index contributed by atoms with van der Waals surface area (Å²) >= 11 is 29.1. The molecule has 1 amide bonds. The summed E-state index contributed by atoms with van der Waals surface area (Å²) in [6, 6.07) is 0. The van der Waals surface area contributed by atoms with Crippen LogP contribution in [0.2, 0.25) is 25.1 Å². The molecular weight excluding hydrogens is 331 g/mol. The molecule has 0 aliphatic rings. The van der Waals surface area contributed by atoms with Crippen molar-refractivity contribution in [3.8, 4) is 5.75 Å². The number of ether oxygens (including phenoxy) is 1. The summed E-state index contributed by atoms with van der Waals surface area (Å²) in [5.74, 6) is -0.119. The zero-order chi connectivity index (χ0) is 13.3. The molecule has 1 aromatic rings. The van der Waals surface area contributed by atoms with Crippen LogP contribution in [0.3, 0.4) is 0 Å². The second-order valence-electron chi connectivity index (χ2n) is 3.16. The van der Waals surface area contributed by atoms with E-state index >= 15 is 0 Å². The van der Waals surface area contributed by atoms with E-state index in [0.29, 0.717) is 0 Å². The van der Waals surface area contributed by atoms with Gasteiger partial charge in [-0.15, -0.1) is 0 Å². The van der Waals surface area contributed by atoms with E-state index in [-0.39, 0.29) is 30.9 Å². The molecule has 0 aliphatic heterocycles. The van der Waals surface area contributed by atoms with Crippen LogP contribution in [-0.4, -0.2) is 25.1 Å². The first-order valence-electron chi connectivity index (χ1n) is 4.18. The lowest BCUT2D eigenvalue weighted by Crippen LogP contribution is -2.25. The Morgan fingerprint density at radius 1 is 0.882 bits per heavy atom. The van der Waals surface area contributed by atoms with Gasteiger partial charge < -0.3 is 9.64 Å². The normalized spacial score (nSPS) is 10.3. The number of hydrogen-bond donors (Lipinski definition) is 0. The molecule has 0 heterocycles. The van der Waals surface area contributed by atoms with Crippen molar-refractivity contribution >= 4 is 64.1 Å². The largest absolute Gasteiger partial charge is 0.414 e. The summed E-state index contributed by atoms with van der Waals surface area (Å²) in [6.07, 6.45) is -0.664. The zero-order valence-corrected chi connectivity index (χ0v) is 12.4. The van der Waals surface area contributed by atoms with E-state index < -0.39 is 6.09 Å². The molecule has 0 atom stereocenters. The van der Waals surface area contributed by atoms with Crippen molar-refractivity contribution in [2.75, 3.05) is 14.1 Å². The van der Waals surface area contributed by atoms with Crippen LogP contribution in [0.5, 0.6) is 5.75 Å². The highest BCUT2D eigenvalue weighted by Gasteiger charge is 2.22. The van der Waals surface area contributed by atoms with Gasteiger partial charge in [-0.2, -0.15) is 0 Å². The highest BCUT2D eigenvalue weighted by atomic mass is 35.5. The first-order valence-corrected chi connectivity index (χ1v) is 6.07. The first kappa shape index (κ1) is 15.0. The average molecular weight is 337 g/mol. The van der Waals surface area contributed by atoms with E-state index in [1.807, 2.05) is 0 Å². The maximum absolute atomic E-state index is 11.4. The summed E-state index contributed by atoms with van der Waals surface area (Å²) in [5.41, 5.74) is 0. The van der Waals surface area contributed by atoms with Crippen LogP contribution in [-0.2, 0) is 0 Å². The van der Waals surface area contributed by atoms with Gasteiger partial charge in [-0.1, -0.05) is 58.0 Å². The number of halogens is 5. The number of nitrogens with zero attached hydrogens (tertiary/aromatic N) is 1. The van der Waals surface area contributed by atoms with Crippen molar-refractivity contribution < 1.29 is 9.53 Å². The maximum Gasteiger partial charge on any atom is 0.414 e. The third-order valence-electron chi connectivity index (χ3n) is 1.72. The van der Waals surface area contributed by atoms with Gasteiger partial charge in [0, 0.05) is 14.1 Å². The number of benzene rings is 1. The molecule has 0 N–H and O–H groups in total. The lowest BCUT2D eigenvalue weighted by Gasteiger charge is -2.15. The van der Waals surface area contributed by atoms with E-state index in [4.69, 9.17) is 62.7 Å². The third-order valence-corrected chi connectivity index (χ3v) is 3.97. The summed E-state index contributed by atoms with van der Waals surface area (Å²) in [6.45, 7) is 0. The van der Waals surface area contributed by atoms with Gasteiger partial charge in [-0.25, -0.2) is 4.79 Å². The zero-order valence-electron chi connectivity index (χ0n) is 8.65.